The first-order valence-electron chi connectivity index (χ1n) is 3.46. The van der Waals surface area contributed by atoms with Gasteiger partial charge in [0.05, 0.1) is 0 Å². The summed E-state index contributed by atoms with van der Waals surface area (Å²) in [7, 11) is 0. The molecule has 0 N–H and O–H groups in total. The van der Waals surface area contributed by atoms with Crippen LogP contribution in [-0.4, -0.2) is 22.3 Å². The molecule has 1 radical (unpaired) electrons. The standard InChI is InChI=1S/C9H5O2Te/c10-9-7-4-2-1-3-6(7)8(12)5-11-9/h1-5H. The molecule has 0 aliphatic rings. The van der Waals surface area contributed by atoms with Gasteiger partial charge in [-0.2, -0.15) is 0 Å². The summed E-state index contributed by atoms with van der Waals surface area (Å²) in [5, 5.41) is 1.62. The Morgan fingerprint density at radius 3 is 2.50 bits per heavy atom. The van der Waals surface area contributed by atoms with E-state index in [1.807, 2.05) is 40.5 Å². The molecule has 1 aromatic carbocycles. The maximum absolute atomic E-state index is 11.2. The zero-order chi connectivity index (χ0) is 8.55. The van der Waals surface area contributed by atoms with Crippen molar-refractivity contribution in [3.8, 4) is 0 Å². The van der Waals surface area contributed by atoms with Gasteiger partial charge in [-0.3, -0.25) is 0 Å². The molecule has 0 spiro atoms. The molecular formula is C9H5O2Te. The van der Waals surface area contributed by atoms with Crippen LogP contribution < -0.4 is 9.24 Å². The molecule has 2 rings (SSSR count). The Morgan fingerprint density at radius 1 is 1.17 bits per heavy atom. The second-order valence-electron chi connectivity index (χ2n) is 2.43. The van der Waals surface area contributed by atoms with Gasteiger partial charge < -0.3 is 0 Å². The first-order valence-corrected chi connectivity index (χ1v) is 4.63. The van der Waals surface area contributed by atoms with Crippen LogP contribution in [0.15, 0.2) is 39.7 Å². The molecule has 0 amide bonds. The van der Waals surface area contributed by atoms with Crippen LogP contribution in [0.4, 0.5) is 0 Å². The molecule has 12 heavy (non-hydrogen) atoms. The number of rotatable bonds is 0. The topological polar surface area (TPSA) is 30.2 Å². The molecule has 2 aromatic rings. The summed E-state index contributed by atoms with van der Waals surface area (Å²) in [6.07, 6.45) is 1.50. The third kappa shape index (κ3) is 1.16. The Hall–Kier alpha value is -0.780. The van der Waals surface area contributed by atoms with E-state index in [1.165, 1.54) is 6.26 Å². The van der Waals surface area contributed by atoms with Gasteiger partial charge in [0.2, 0.25) is 0 Å². The number of hydrogen-bond acceptors (Lipinski definition) is 2. The second kappa shape index (κ2) is 2.93. The van der Waals surface area contributed by atoms with Gasteiger partial charge in [-0.05, 0) is 0 Å². The van der Waals surface area contributed by atoms with Crippen molar-refractivity contribution < 1.29 is 4.42 Å². The van der Waals surface area contributed by atoms with E-state index >= 15 is 0 Å². The van der Waals surface area contributed by atoms with Gasteiger partial charge in [0.25, 0.3) is 0 Å². The molecule has 0 fully saturated rings. The Kier molecular flexibility index (Phi) is 1.92. The first-order chi connectivity index (χ1) is 5.79. The van der Waals surface area contributed by atoms with E-state index in [0.717, 1.165) is 9.00 Å². The molecule has 0 bridgehead atoms. The van der Waals surface area contributed by atoms with Crippen molar-refractivity contribution in [1.82, 2.24) is 0 Å². The van der Waals surface area contributed by atoms with Gasteiger partial charge >= 0.3 is 82.0 Å². The SMILES string of the molecule is O=c1occ([Te])c2ccccc12. The molecule has 0 saturated heterocycles. The molecule has 1 heterocycles. The van der Waals surface area contributed by atoms with Crippen LogP contribution in [0.25, 0.3) is 10.8 Å². The monoisotopic (exact) mass is 275 g/mol. The van der Waals surface area contributed by atoms with Crippen LogP contribution in [0.3, 0.4) is 0 Å². The zero-order valence-electron chi connectivity index (χ0n) is 6.11. The van der Waals surface area contributed by atoms with E-state index in [9.17, 15) is 4.79 Å². The number of benzene rings is 1. The summed E-state index contributed by atoms with van der Waals surface area (Å²) < 4.78 is 5.82. The van der Waals surface area contributed by atoms with Crippen molar-refractivity contribution in [3.63, 3.8) is 0 Å². The van der Waals surface area contributed by atoms with E-state index in [1.54, 1.807) is 6.07 Å². The fraction of sp³-hybridized carbons (Fsp3) is 0. The van der Waals surface area contributed by atoms with Crippen molar-refractivity contribution in [2.75, 3.05) is 0 Å². The number of fused-ring (bicyclic) bond motifs is 1. The van der Waals surface area contributed by atoms with Crippen LogP contribution in [0.2, 0.25) is 0 Å². The van der Waals surface area contributed by atoms with Crippen LogP contribution in [0, 0.1) is 0 Å². The quantitative estimate of drug-likeness (QED) is 0.657. The number of hydrogen-bond donors (Lipinski definition) is 0. The average Bonchev–Trinajstić information content (AvgIpc) is 2.12. The summed E-state index contributed by atoms with van der Waals surface area (Å²) in [5.74, 6) is 0. The van der Waals surface area contributed by atoms with Gasteiger partial charge in [-0.15, -0.1) is 0 Å². The van der Waals surface area contributed by atoms with Crippen LogP contribution in [0.5, 0.6) is 0 Å². The van der Waals surface area contributed by atoms with E-state index in [0.29, 0.717) is 5.39 Å². The van der Waals surface area contributed by atoms with Crippen molar-refractivity contribution in [1.29, 1.82) is 0 Å². The molecule has 0 atom stereocenters. The maximum atomic E-state index is 11.2. The first kappa shape index (κ1) is 7.85. The molecule has 2 nitrogen and oxygen atoms in total. The normalized spacial score (nSPS) is 10.3. The van der Waals surface area contributed by atoms with E-state index in [2.05, 4.69) is 0 Å². The van der Waals surface area contributed by atoms with Gasteiger partial charge in [0.15, 0.2) is 0 Å². The van der Waals surface area contributed by atoms with Crippen molar-refractivity contribution in [2.45, 2.75) is 0 Å². The molecule has 3 heteroatoms. The summed E-state index contributed by atoms with van der Waals surface area (Å²) in [4.78, 5) is 11.2. The summed E-state index contributed by atoms with van der Waals surface area (Å²) in [6.45, 7) is 0. The average molecular weight is 273 g/mol. The van der Waals surface area contributed by atoms with E-state index < -0.39 is 0 Å². The molecular weight excluding hydrogens is 268 g/mol. The van der Waals surface area contributed by atoms with Crippen molar-refractivity contribution >= 4 is 36.7 Å². The summed E-state index contributed by atoms with van der Waals surface area (Å²) in [6, 6.07) is 7.44. The summed E-state index contributed by atoms with van der Waals surface area (Å²) >= 11 is 1.85. The predicted molar refractivity (Wildman–Crippen MR) is 47.9 cm³/mol. The van der Waals surface area contributed by atoms with Gasteiger partial charge in [0.1, 0.15) is 0 Å². The van der Waals surface area contributed by atoms with Gasteiger partial charge in [-0.25, -0.2) is 0 Å². The Morgan fingerprint density at radius 2 is 1.83 bits per heavy atom. The molecule has 0 aliphatic carbocycles. The fourth-order valence-corrected chi connectivity index (χ4v) is 1.76. The zero-order valence-corrected chi connectivity index (χ0v) is 8.44. The minimum atomic E-state index is -0.266. The Bertz CT molecular complexity index is 473. The van der Waals surface area contributed by atoms with Gasteiger partial charge in [0, 0.05) is 0 Å². The van der Waals surface area contributed by atoms with Crippen molar-refractivity contribution in [3.05, 3.63) is 40.9 Å². The molecule has 0 saturated carbocycles. The molecule has 0 aliphatic heterocycles. The van der Waals surface area contributed by atoms with E-state index in [-0.39, 0.29) is 5.63 Å². The van der Waals surface area contributed by atoms with E-state index in [4.69, 9.17) is 4.42 Å². The Labute approximate surface area is 82.1 Å². The van der Waals surface area contributed by atoms with Gasteiger partial charge in [-0.1, -0.05) is 0 Å². The summed E-state index contributed by atoms with van der Waals surface area (Å²) in [5.41, 5.74) is -0.266. The molecule has 0 unspecified atom stereocenters. The minimum absolute atomic E-state index is 0.266. The van der Waals surface area contributed by atoms with Crippen molar-refractivity contribution in [2.24, 2.45) is 0 Å². The predicted octanol–water partition coefficient (Wildman–Crippen LogP) is 0.587. The molecule has 1 aromatic heterocycles. The Balaban J connectivity index is 3.05. The fourth-order valence-electron chi connectivity index (χ4n) is 1.11. The van der Waals surface area contributed by atoms with Crippen LogP contribution in [0.1, 0.15) is 0 Å². The third-order valence-corrected chi connectivity index (χ3v) is 2.59. The van der Waals surface area contributed by atoms with Crippen LogP contribution >= 0.6 is 0 Å². The second-order valence-corrected chi connectivity index (χ2v) is 3.69. The molecule has 59 valence electrons. The third-order valence-electron chi connectivity index (χ3n) is 1.69. The van der Waals surface area contributed by atoms with Crippen LogP contribution in [-0.2, 0) is 0 Å².